The topological polar surface area (TPSA) is 123 Å². The maximum atomic E-state index is 13.6. The highest BCUT2D eigenvalue weighted by atomic mass is 16.6. The molecule has 2 amide bonds. The molecule has 0 aromatic heterocycles. The summed E-state index contributed by atoms with van der Waals surface area (Å²) in [5.74, 6) is -2.50. The molecule has 1 N–H and O–H groups in total. The van der Waals surface area contributed by atoms with Gasteiger partial charge in [-0.15, -0.1) is 0 Å². The summed E-state index contributed by atoms with van der Waals surface area (Å²) in [6.45, 7) is 9.26. The highest BCUT2D eigenvalue weighted by Crippen LogP contribution is 2.44. The molecule has 1 aliphatic carbocycles. The number of carbonyl (C=O) groups excluding carboxylic acids is 3. The van der Waals surface area contributed by atoms with Crippen LogP contribution < -0.4 is 0 Å². The molecular weight excluding hydrogens is 516 g/mol. The second-order valence-corrected chi connectivity index (χ2v) is 12.0. The molecule has 2 aromatic rings. The molecule has 1 heterocycles. The Bertz CT molecular complexity index is 1260. The molecule has 10 nitrogen and oxygen atoms in total. The van der Waals surface area contributed by atoms with Crippen molar-refractivity contribution in [2.75, 3.05) is 19.7 Å². The van der Waals surface area contributed by atoms with E-state index in [2.05, 4.69) is 0 Å². The summed E-state index contributed by atoms with van der Waals surface area (Å²) in [4.78, 5) is 54.1. The van der Waals surface area contributed by atoms with Crippen LogP contribution in [0.5, 0.6) is 0 Å². The van der Waals surface area contributed by atoms with E-state index in [0.29, 0.717) is 0 Å². The third kappa shape index (κ3) is 6.21. The van der Waals surface area contributed by atoms with Crippen LogP contribution in [0.2, 0.25) is 0 Å². The molecule has 2 aromatic carbocycles. The number of benzene rings is 2. The van der Waals surface area contributed by atoms with Crippen molar-refractivity contribution in [3.05, 3.63) is 59.7 Å². The lowest BCUT2D eigenvalue weighted by Gasteiger charge is -2.43. The van der Waals surface area contributed by atoms with Gasteiger partial charge in [-0.05, 0) is 63.8 Å². The van der Waals surface area contributed by atoms with Gasteiger partial charge in [-0.3, -0.25) is 4.90 Å². The lowest BCUT2D eigenvalue weighted by Crippen LogP contribution is -2.67. The van der Waals surface area contributed by atoms with E-state index < -0.39 is 47.4 Å². The number of fused-ring (bicyclic) bond motifs is 3. The lowest BCUT2D eigenvalue weighted by molar-refractivity contribution is -0.167. The van der Waals surface area contributed by atoms with Crippen LogP contribution in [0.1, 0.15) is 58.6 Å². The van der Waals surface area contributed by atoms with Crippen LogP contribution in [0.3, 0.4) is 0 Å². The smallest absolute Gasteiger partial charge is 0.411 e. The number of hydrogen-bond acceptors (Lipinski definition) is 7. The summed E-state index contributed by atoms with van der Waals surface area (Å²) in [5.41, 5.74) is 2.30. The third-order valence-electron chi connectivity index (χ3n) is 6.62. The minimum atomic E-state index is -1.56. The van der Waals surface area contributed by atoms with Crippen molar-refractivity contribution < 1.29 is 38.5 Å². The number of piperazine rings is 1. The molecule has 10 heteroatoms. The fourth-order valence-electron chi connectivity index (χ4n) is 5.04. The quantitative estimate of drug-likeness (QED) is 0.430. The van der Waals surface area contributed by atoms with Crippen LogP contribution in [0.15, 0.2) is 48.5 Å². The minimum absolute atomic E-state index is 0.0630. The summed E-state index contributed by atoms with van der Waals surface area (Å²) < 4.78 is 16.7. The number of esters is 1. The Morgan fingerprint density at radius 2 is 1.27 bits per heavy atom. The second-order valence-electron chi connectivity index (χ2n) is 12.0. The average molecular weight is 553 g/mol. The molecule has 1 fully saturated rings. The monoisotopic (exact) mass is 552 g/mol. The normalized spacial score (nSPS) is 18.9. The van der Waals surface area contributed by atoms with Crippen LogP contribution in [0.25, 0.3) is 11.1 Å². The molecular formula is C30H36N2O8. The average Bonchev–Trinajstić information content (AvgIpc) is 3.18. The highest BCUT2D eigenvalue weighted by Gasteiger charge is 2.49. The van der Waals surface area contributed by atoms with Gasteiger partial charge in [-0.2, -0.15) is 0 Å². The van der Waals surface area contributed by atoms with Crippen molar-refractivity contribution in [3.63, 3.8) is 0 Å². The van der Waals surface area contributed by atoms with Gasteiger partial charge in [-0.25, -0.2) is 19.2 Å². The Labute approximate surface area is 233 Å². The molecule has 40 heavy (non-hydrogen) atoms. The van der Waals surface area contributed by atoms with E-state index in [9.17, 15) is 24.3 Å². The number of carbonyl (C=O) groups is 4. The molecule has 0 bridgehead atoms. The van der Waals surface area contributed by atoms with Gasteiger partial charge < -0.3 is 24.2 Å². The molecule has 0 spiro atoms. The van der Waals surface area contributed by atoms with Gasteiger partial charge in [0.05, 0.1) is 13.1 Å². The summed E-state index contributed by atoms with van der Waals surface area (Å²) in [6.07, 6.45) is -1.77. The summed E-state index contributed by atoms with van der Waals surface area (Å²) in [6, 6.07) is 12.7. The summed E-state index contributed by atoms with van der Waals surface area (Å²) in [5, 5.41) is 10.1. The third-order valence-corrected chi connectivity index (χ3v) is 6.62. The van der Waals surface area contributed by atoms with Gasteiger partial charge in [0.15, 0.2) is 12.1 Å². The van der Waals surface area contributed by atoms with E-state index in [0.717, 1.165) is 32.1 Å². The first-order valence-electron chi connectivity index (χ1n) is 13.2. The fraction of sp³-hybridized carbons (Fsp3) is 0.467. The van der Waals surface area contributed by atoms with Crippen LogP contribution in [0, 0.1) is 0 Å². The fourth-order valence-corrected chi connectivity index (χ4v) is 5.04. The van der Waals surface area contributed by atoms with E-state index in [-0.39, 0.29) is 25.6 Å². The van der Waals surface area contributed by atoms with Gasteiger partial charge in [-0.1, -0.05) is 48.5 Å². The Hall–Kier alpha value is -4.08. The maximum absolute atomic E-state index is 13.6. The summed E-state index contributed by atoms with van der Waals surface area (Å²) >= 11 is 0. The van der Waals surface area contributed by atoms with E-state index >= 15 is 0 Å². The van der Waals surface area contributed by atoms with E-state index in [1.807, 2.05) is 48.5 Å². The largest absolute Gasteiger partial charge is 0.480 e. The summed E-state index contributed by atoms with van der Waals surface area (Å²) in [7, 11) is 0. The van der Waals surface area contributed by atoms with Crippen LogP contribution in [-0.2, 0) is 23.8 Å². The number of carboxylic acids is 1. The van der Waals surface area contributed by atoms with Crippen LogP contribution in [-0.4, -0.2) is 82.0 Å². The zero-order chi connectivity index (χ0) is 29.4. The zero-order valence-corrected chi connectivity index (χ0v) is 23.7. The Morgan fingerprint density at radius 1 is 0.775 bits per heavy atom. The number of ether oxygens (including phenoxy) is 3. The number of rotatable bonds is 4. The molecule has 0 saturated carbocycles. The molecule has 0 unspecified atom stereocenters. The van der Waals surface area contributed by atoms with Crippen molar-refractivity contribution in [1.82, 2.24) is 9.80 Å². The van der Waals surface area contributed by atoms with Crippen molar-refractivity contribution in [1.29, 1.82) is 0 Å². The predicted molar refractivity (Wildman–Crippen MR) is 146 cm³/mol. The van der Waals surface area contributed by atoms with Gasteiger partial charge in [0.25, 0.3) is 0 Å². The van der Waals surface area contributed by atoms with Crippen molar-refractivity contribution in [2.45, 2.75) is 70.7 Å². The van der Waals surface area contributed by atoms with Gasteiger partial charge in [0.2, 0.25) is 0 Å². The Morgan fingerprint density at radius 3 is 1.77 bits per heavy atom. The Kier molecular flexibility index (Phi) is 7.83. The lowest BCUT2D eigenvalue weighted by atomic mass is 9.98. The van der Waals surface area contributed by atoms with E-state index in [1.165, 1.54) is 0 Å². The zero-order valence-electron chi connectivity index (χ0n) is 23.7. The van der Waals surface area contributed by atoms with Gasteiger partial charge >= 0.3 is 24.1 Å². The number of nitrogens with zero attached hydrogens (tertiary/aromatic N) is 2. The molecule has 2 aliphatic rings. The van der Waals surface area contributed by atoms with Crippen LogP contribution >= 0.6 is 0 Å². The van der Waals surface area contributed by atoms with E-state index in [1.54, 1.807) is 41.5 Å². The highest BCUT2D eigenvalue weighted by molar-refractivity contribution is 5.88. The van der Waals surface area contributed by atoms with Crippen molar-refractivity contribution in [3.8, 4) is 11.1 Å². The first-order chi connectivity index (χ1) is 18.7. The standard InChI is InChI=1S/C30H36N2O8/c1-29(2,3)39-26(35)24-16-31(27(36)40-30(4,5)6)15-23(25(33)34)32(24)28(37)38-17-22-20-13-9-7-11-18(20)19-12-8-10-14-21(19)22/h7-14,22-24H,15-17H2,1-6H3,(H,33,34)/t23-,24+/m1/s1. The number of hydrogen-bond donors (Lipinski definition) is 1. The number of carboxylic acid groups (broad SMARTS) is 1. The van der Waals surface area contributed by atoms with Crippen molar-refractivity contribution >= 4 is 24.1 Å². The predicted octanol–water partition coefficient (Wildman–Crippen LogP) is 4.65. The molecule has 4 rings (SSSR count). The molecule has 0 radical (unpaired) electrons. The Balaban J connectivity index is 1.61. The second kappa shape index (κ2) is 10.8. The molecule has 2 atom stereocenters. The molecule has 1 saturated heterocycles. The SMILES string of the molecule is CC(C)(C)OC(=O)[C@@H]1CN(C(=O)OC(C)(C)C)C[C@H](C(=O)O)N1C(=O)OCC1c2ccccc2-c2ccccc21. The van der Waals surface area contributed by atoms with E-state index in [4.69, 9.17) is 14.2 Å². The van der Waals surface area contributed by atoms with Crippen LogP contribution in [0.4, 0.5) is 9.59 Å². The first-order valence-corrected chi connectivity index (χ1v) is 13.2. The first kappa shape index (κ1) is 28.9. The minimum Gasteiger partial charge on any atom is -0.480 e. The molecule has 214 valence electrons. The molecule has 1 aliphatic heterocycles. The van der Waals surface area contributed by atoms with Gasteiger partial charge in [0, 0.05) is 5.92 Å². The number of amides is 2. The van der Waals surface area contributed by atoms with Gasteiger partial charge in [0.1, 0.15) is 17.8 Å². The van der Waals surface area contributed by atoms with Crippen molar-refractivity contribution in [2.24, 2.45) is 0 Å². The maximum Gasteiger partial charge on any atom is 0.411 e. The number of aliphatic carboxylic acids is 1.